The van der Waals surface area contributed by atoms with E-state index in [0.29, 0.717) is 11.4 Å². The van der Waals surface area contributed by atoms with Crippen molar-refractivity contribution in [1.29, 1.82) is 0 Å². The van der Waals surface area contributed by atoms with Crippen LogP contribution in [0, 0.1) is 0 Å². The van der Waals surface area contributed by atoms with E-state index in [1.54, 1.807) is 38.1 Å². The van der Waals surface area contributed by atoms with Crippen molar-refractivity contribution in [3.63, 3.8) is 0 Å². The summed E-state index contributed by atoms with van der Waals surface area (Å²) in [7, 11) is 0. The Balaban J connectivity index is 1.75. The summed E-state index contributed by atoms with van der Waals surface area (Å²) in [6, 6.07) is 9.12. The topological polar surface area (TPSA) is 61.4 Å². The Labute approximate surface area is 183 Å². The number of hydrogen-bond acceptors (Lipinski definition) is 4. The SMILES string of the molecule is CC(C)(c1cccc(-n2ccnc2C(F)(F)F)n1)c1cccc(-n2ccnc2C(F)(F)F)n1. The number of aromatic nitrogens is 6. The molecule has 0 saturated carbocycles. The maximum Gasteiger partial charge on any atom is 0.450 e. The number of alkyl halides is 6. The van der Waals surface area contributed by atoms with Gasteiger partial charge in [-0.1, -0.05) is 12.1 Å². The Morgan fingerprint density at radius 2 is 1.03 bits per heavy atom. The lowest BCUT2D eigenvalue weighted by Gasteiger charge is -2.25. The van der Waals surface area contributed by atoms with E-state index in [4.69, 9.17) is 0 Å². The number of imidazole rings is 2. The van der Waals surface area contributed by atoms with E-state index in [1.165, 1.54) is 12.1 Å². The van der Waals surface area contributed by atoms with E-state index in [2.05, 4.69) is 19.9 Å². The van der Waals surface area contributed by atoms with Crippen LogP contribution in [0.1, 0.15) is 36.9 Å². The van der Waals surface area contributed by atoms with Gasteiger partial charge >= 0.3 is 12.4 Å². The molecule has 6 nitrogen and oxygen atoms in total. The molecular weight excluding hydrogens is 450 g/mol. The van der Waals surface area contributed by atoms with E-state index >= 15 is 0 Å². The standard InChI is InChI=1S/C21H16F6N6/c1-19(2,13-5-3-7-15(30-13)32-11-9-28-17(32)20(22,23)24)14-6-4-8-16(31-14)33-12-10-29-18(33)21(25,26)27/h3-12H,1-2H3. The fraction of sp³-hybridized carbons (Fsp3) is 0.238. The molecule has 4 heterocycles. The van der Waals surface area contributed by atoms with Gasteiger partial charge < -0.3 is 0 Å². The van der Waals surface area contributed by atoms with Gasteiger partial charge in [0, 0.05) is 30.2 Å². The van der Waals surface area contributed by atoms with Crippen LogP contribution in [0.25, 0.3) is 11.6 Å². The third kappa shape index (κ3) is 4.20. The second-order valence-corrected chi connectivity index (χ2v) is 7.62. The lowest BCUT2D eigenvalue weighted by atomic mass is 9.84. The van der Waals surface area contributed by atoms with E-state index in [-0.39, 0.29) is 11.6 Å². The molecule has 172 valence electrons. The molecule has 0 aliphatic heterocycles. The van der Waals surface area contributed by atoms with Crippen molar-refractivity contribution in [2.24, 2.45) is 0 Å². The molecule has 0 bridgehead atoms. The molecule has 0 fully saturated rings. The van der Waals surface area contributed by atoms with Gasteiger partial charge in [-0.15, -0.1) is 0 Å². The van der Waals surface area contributed by atoms with Crippen molar-refractivity contribution in [2.75, 3.05) is 0 Å². The van der Waals surface area contributed by atoms with E-state index in [1.807, 2.05) is 0 Å². The van der Waals surface area contributed by atoms with E-state index < -0.39 is 29.4 Å². The molecule has 0 N–H and O–H groups in total. The average molecular weight is 466 g/mol. The van der Waals surface area contributed by atoms with Gasteiger partial charge in [-0.3, -0.25) is 9.13 Å². The molecular formula is C21H16F6N6. The highest BCUT2D eigenvalue weighted by Gasteiger charge is 2.38. The lowest BCUT2D eigenvalue weighted by molar-refractivity contribution is -0.146. The lowest BCUT2D eigenvalue weighted by Crippen LogP contribution is -2.24. The molecule has 4 aromatic heterocycles. The van der Waals surface area contributed by atoms with Crippen LogP contribution in [-0.2, 0) is 17.8 Å². The molecule has 0 atom stereocenters. The molecule has 0 aliphatic rings. The van der Waals surface area contributed by atoms with Crippen LogP contribution in [0.2, 0.25) is 0 Å². The molecule has 0 aromatic carbocycles. The van der Waals surface area contributed by atoms with Crippen molar-refractivity contribution < 1.29 is 26.3 Å². The zero-order valence-electron chi connectivity index (χ0n) is 17.2. The Hall–Kier alpha value is -3.70. The molecule has 4 aromatic rings. The van der Waals surface area contributed by atoms with Gasteiger partial charge in [0.05, 0.1) is 11.4 Å². The molecule has 33 heavy (non-hydrogen) atoms. The molecule has 0 aliphatic carbocycles. The third-order valence-electron chi connectivity index (χ3n) is 5.03. The van der Waals surface area contributed by atoms with Crippen molar-refractivity contribution in [1.82, 2.24) is 29.1 Å². The zero-order valence-corrected chi connectivity index (χ0v) is 17.2. The van der Waals surface area contributed by atoms with Crippen LogP contribution in [0.4, 0.5) is 26.3 Å². The third-order valence-corrected chi connectivity index (χ3v) is 5.03. The largest absolute Gasteiger partial charge is 0.450 e. The summed E-state index contributed by atoms with van der Waals surface area (Å²) in [6.07, 6.45) is -4.99. The Bertz CT molecular complexity index is 1190. The summed E-state index contributed by atoms with van der Waals surface area (Å²) in [4.78, 5) is 15.5. The minimum absolute atomic E-state index is 0.00415. The predicted octanol–water partition coefficient (Wildman–Crippen LogP) is 5.21. The van der Waals surface area contributed by atoms with Crippen LogP contribution >= 0.6 is 0 Å². The monoisotopic (exact) mass is 466 g/mol. The normalized spacial score (nSPS) is 12.8. The fourth-order valence-electron chi connectivity index (χ4n) is 3.34. The van der Waals surface area contributed by atoms with Gasteiger partial charge in [0.1, 0.15) is 11.6 Å². The first kappa shape index (κ1) is 22.5. The average Bonchev–Trinajstić information content (AvgIpc) is 3.43. The van der Waals surface area contributed by atoms with Crippen molar-refractivity contribution in [3.8, 4) is 11.6 Å². The molecule has 0 amide bonds. The first-order valence-corrected chi connectivity index (χ1v) is 9.56. The van der Waals surface area contributed by atoms with Crippen molar-refractivity contribution in [2.45, 2.75) is 31.6 Å². The second-order valence-electron chi connectivity index (χ2n) is 7.62. The number of nitrogens with zero attached hydrogens (tertiary/aromatic N) is 6. The molecule has 12 heteroatoms. The van der Waals surface area contributed by atoms with Gasteiger partial charge in [0.15, 0.2) is 0 Å². The van der Waals surface area contributed by atoms with Gasteiger partial charge in [-0.2, -0.15) is 26.3 Å². The summed E-state index contributed by atoms with van der Waals surface area (Å²) in [5.41, 5.74) is -0.217. The fourth-order valence-corrected chi connectivity index (χ4v) is 3.34. The van der Waals surface area contributed by atoms with E-state index in [0.717, 1.165) is 33.9 Å². The smallest absolute Gasteiger partial charge is 0.280 e. The maximum absolute atomic E-state index is 13.3. The minimum atomic E-state index is -4.67. The van der Waals surface area contributed by atoms with Crippen LogP contribution in [-0.4, -0.2) is 29.1 Å². The van der Waals surface area contributed by atoms with Crippen LogP contribution in [0.3, 0.4) is 0 Å². The van der Waals surface area contributed by atoms with E-state index in [9.17, 15) is 26.3 Å². The van der Waals surface area contributed by atoms with Gasteiger partial charge in [0.2, 0.25) is 11.6 Å². The summed E-state index contributed by atoms with van der Waals surface area (Å²) in [6.45, 7) is 3.45. The van der Waals surface area contributed by atoms with Crippen molar-refractivity contribution >= 4 is 0 Å². The first-order chi connectivity index (χ1) is 15.4. The zero-order chi connectivity index (χ0) is 24.0. The maximum atomic E-state index is 13.3. The number of halogens is 6. The molecule has 0 spiro atoms. The summed E-state index contributed by atoms with van der Waals surface area (Å²) >= 11 is 0. The molecule has 0 radical (unpaired) electrons. The Morgan fingerprint density at radius 1 is 0.636 bits per heavy atom. The highest BCUT2D eigenvalue weighted by molar-refractivity contribution is 5.37. The summed E-state index contributed by atoms with van der Waals surface area (Å²) in [5.74, 6) is -2.25. The van der Waals surface area contributed by atoms with Crippen LogP contribution in [0.15, 0.2) is 61.2 Å². The molecule has 4 rings (SSSR count). The molecule has 0 unspecified atom stereocenters. The summed E-state index contributed by atoms with van der Waals surface area (Å²) in [5, 5.41) is 0. The number of pyridine rings is 2. The van der Waals surface area contributed by atoms with Gasteiger partial charge in [0.25, 0.3) is 0 Å². The van der Waals surface area contributed by atoms with Gasteiger partial charge in [-0.25, -0.2) is 19.9 Å². The van der Waals surface area contributed by atoms with Crippen molar-refractivity contribution in [3.05, 3.63) is 84.2 Å². The van der Waals surface area contributed by atoms with Crippen LogP contribution in [0.5, 0.6) is 0 Å². The van der Waals surface area contributed by atoms with Gasteiger partial charge in [-0.05, 0) is 38.1 Å². The summed E-state index contributed by atoms with van der Waals surface area (Å²) < 4.78 is 81.2. The van der Waals surface area contributed by atoms with Crippen LogP contribution < -0.4 is 0 Å². The highest BCUT2D eigenvalue weighted by Crippen LogP contribution is 2.33. The quantitative estimate of drug-likeness (QED) is 0.388. The second kappa shape index (κ2) is 7.71. The predicted molar refractivity (Wildman–Crippen MR) is 105 cm³/mol. The highest BCUT2D eigenvalue weighted by atomic mass is 19.4. The Morgan fingerprint density at radius 3 is 1.39 bits per heavy atom. The molecule has 0 saturated heterocycles. The number of rotatable bonds is 4. The minimum Gasteiger partial charge on any atom is -0.280 e. The first-order valence-electron chi connectivity index (χ1n) is 9.56. The Kier molecular flexibility index (Phi) is 5.26. The number of hydrogen-bond donors (Lipinski definition) is 0.